The zero-order chi connectivity index (χ0) is 11.1. The smallest absolute Gasteiger partial charge is 0.0406 e. The van der Waals surface area contributed by atoms with Crippen molar-refractivity contribution in [3.63, 3.8) is 0 Å². The highest BCUT2D eigenvalue weighted by atomic mass is 35.5. The van der Waals surface area contributed by atoms with E-state index in [0.29, 0.717) is 6.04 Å². The first kappa shape index (κ1) is 12.3. The van der Waals surface area contributed by atoms with Crippen molar-refractivity contribution in [2.24, 2.45) is 0 Å². The Morgan fingerprint density at radius 2 is 2.07 bits per heavy atom. The minimum absolute atomic E-state index is 0.408. The first-order valence-electron chi connectivity index (χ1n) is 5.36. The second kappa shape index (κ2) is 6.65. The Hall–Kier alpha value is -0.790. The van der Waals surface area contributed by atoms with Crippen molar-refractivity contribution < 1.29 is 0 Å². The molecule has 0 aliphatic heterocycles. The van der Waals surface area contributed by atoms with Crippen LogP contribution in [0.3, 0.4) is 0 Å². The molecule has 1 aromatic carbocycles. The summed E-state index contributed by atoms with van der Waals surface area (Å²) < 4.78 is 0. The maximum atomic E-state index is 5.81. The number of benzene rings is 1. The zero-order valence-electron chi connectivity index (χ0n) is 9.17. The molecule has 0 fully saturated rings. The lowest BCUT2D eigenvalue weighted by Gasteiger charge is -2.13. The number of nitrogens with one attached hydrogen (secondary N) is 1. The standard InChI is InChI=1S/C13H18ClN/c1-3-5-13(4-2)15-10-11-6-8-12(14)9-7-11/h4,6-9,13,15H,2-3,5,10H2,1H3. The third-order valence-corrected chi connectivity index (χ3v) is 2.62. The van der Waals surface area contributed by atoms with Crippen LogP contribution in [0, 0.1) is 0 Å². The van der Waals surface area contributed by atoms with Crippen LogP contribution >= 0.6 is 11.6 Å². The maximum absolute atomic E-state index is 5.81. The average molecular weight is 224 g/mol. The predicted molar refractivity (Wildman–Crippen MR) is 67.2 cm³/mol. The summed E-state index contributed by atoms with van der Waals surface area (Å²) in [6.45, 7) is 6.87. The third-order valence-electron chi connectivity index (χ3n) is 2.37. The van der Waals surface area contributed by atoms with Crippen LogP contribution in [-0.2, 0) is 6.54 Å². The SMILES string of the molecule is C=CC(CCC)NCc1ccc(Cl)cc1. The maximum Gasteiger partial charge on any atom is 0.0406 e. The fraction of sp³-hybridized carbons (Fsp3) is 0.385. The fourth-order valence-electron chi connectivity index (χ4n) is 1.47. The lowest BCUT2D eigenvalue weighted by atomic mass is 10.1. The van der Waals surface area contributed by atoms with E-state index < -0.39 is 0 Å². The Balaban J connectivity index is 2.41. The lowest BCUT2D eigenvalue weighted by molar-refractivity contribution is 0.550. The molecule has 0 radical (unpaired) electrons. The molecule has 82 valence electrons. The quantitative estimate of drug-likeness (QED) is 0.724. The highest BCUT2D eigenvalue weighted by Crippen LogP contribution is 2.09. The van der Waals surface area contributed by atoms with Crippen molar-refractivity contribution in [1.29, 1.82) is 0 Å². The van der Waals surface area contributed by atoms with E-state index in [4.69, 9.17) is 11.6 Å². The van der Waals surface area contributed by atoms with Crippen molar-refractivity contribution in [2.45, 2.75) is 32.4 Å². The van der Waals surface area contributed by atoms with Gasteiger partial charge in [0.1, 0.15) is 0 Å². The van der Waals surface area contributed by atoms with Gasteiger partial charge in [0.05, 0.1) is 0 Å². The molecule has 1 nitrogen and oxygen atoms in total. The molecule has 0 aliphatic rings. The van der Waals surface area contributed by atoms with E-state index in [0.717, 1.165) is 18.0 Å². The van der Waals surface area contributed by atoms with Gasteiger partial charge in [-0.25, -0.2) is 0 Å². The number of hydrogen-bond donors (Lipinski definition) is 1. The molecule has 0 heterocycles. The summed E-state index contributed by atoms with van der Waals surface area (Å²) in [5.74, 6) is 0. The van der Waals surface area contributed by atoms with Crippen LogP contribution < -0.4 is 5.32 Å². The van der Waals surface area contributed by atoms with Crippen LogP contribution in [0.25, 0.3) is 0 Å². The Morgan fingerprint density at radius 3 is 2.60 bits per heavy atom. The van der Waals surface area contributed by atoms with Gasteiger partial charge < -0.3 is 5.32 Å². The van der Waals surface area contributed by atoms with Gasteiger partial charge >= 0.3 is 0 Å². The molecule has 0 bridgehead atoms. The van der Waals surface area contributed by atoms with Gasteiger partial charge in [0, 0.05) is 17.6 Å². The van der Waals surface area contributed by atoms with Crippen molar-refractivity contribution in [3.05, 3.63) is 47.5 Å². The molecule has 0 aromatic heterocycles. The third kappa shape index (κ3) is 4.50. The van der Waals surface area contributed by atoms with Crippen molar-refractivity contribution in [1.82, 2.24) is 5.32 Å². The van der Waals surface area contributed by atoms with Crippen LogP contribution in [0.4, 0.5) is 0 Å². The van der Waals surface area contributed by atoms with Gasteiger partial charge in [-0.2, -0.15) is 0 Å². The van der Waals surface area contributed by atoms with E-state index in [2.05, 4.69) is 18.8 Å². The second-order valence-electron chi connectivity index (χ2n) is 3.64. The highest BCUT2D eigenvalue weighted by Gasteiger charge is 2.01. The topological polar surface area (TPSA) is 12.0 Å². The average Bonchev–Trinajstić information content (AvgIpc) is 2.26. The molecule has 0 aliphatic carbocycles. The molecular formula is C13H18ClN. The summed E-state index contributed by atoms with van der Waals surface area (Å²) in [4.78, 5) is 0. The summed E-state index contributed by atoms with van der Waals surface area (Å²) in [6, 6.07) is 8.33. The molecule has 1 atom stereocenters. The van der Waals surface area contributed by atoms with E-state index in [1.165, 1.54) is 12.0 Å². The first-order chi connectivity index (χ1) is 7.26. The summed E-state index contributed by atoms with van der Waals surface area (Å²) in [5.41, 5.74) is 1.25. The van der Waals surface area contributed by atoms with Gasteiger partial charge in [0.2, 0.25) is 0 Å². The molecular weight excluding hydrogens is 206 g/mol. The molecule has 0 saturated heterocycles. The highest BCUT2D eigenvalue weighted by molar-refractivity contribution is 6.30. The zero-order valence-corrected chi connectivity index (χ0v) is 9.93. The largest absolute Gasteiger partial charge is 0.306 e. The number of halogens is 1. The molecule has 1 N–H and O–H groups in total. The Labute approximate surface area is 97.1 Å². The molecule has 2 heteroatoms. The molecule has 0 saturated carbocycles. The molecule has 15 heavy (non-hydrogen) atoms. The summed E-state index contributed by atoms with van der Waals surface area (Å²) in [5, 5.41) is 4.23. The van der Waals surface area contributed by atoms with Crippen molar-refractivity contribution in [3.8, 4) is 0 Å². The number of rotatable bonds is 6. The monoisotopic (exact) mass is 223 g/mol. The van der Waals surface area contributed by atoms with Gasteiger partial charge in [-0.1, -0.05) is 43.2 Å². The molecule has 1 aromatic rings. The Kier molecular flexibility index (Phi) is 5.44. The summed E-state index contributed by atoms with van der Waals surface area (Å²) in [7, 11) is 0. The molecule has 0 spiro atoms. The summed E-state index contributed by atoms with van der Waals surface area (Å²) >= 11 is 5.81. The van der Waals surface area contributed by atoms with Gasteiger partial charge in [0.25, 0.3) is 0 Å². The van der Waals surface area contributed by atoms with E-state index in [9.17, 15) is 0 Å². The van der Waals surface area contributed by atoms with E-state index >= 15 is 0 Å². The van der Waals surface area contributed by atoms with Crippen LogP contribution in [-0.4, -0.2) is 6.04 Å². The van der Waals surface area contributed by atoms with Gasteiger partial charge in [-0.05, 0) is 24.1 Å². The Morgan fingerprint density at radius 1 is 1.40 bits per heavy atom. The Bertz CT molecular complexity index is 292. The molecule has 1 rings (SSSR count). The van der Waals surface area contributed by atoms with Gasteiger partial charge in [-0.3, -0.25) is 0 Å². The van der Waals surface area contributed by atoms with Crippen LogP contribution in [0.1, 0.15) is 25.3 Å². The minimum Gasteiger partial charge on any atom is -0.306 e. The van der Waals surface area contributed by atoms with Crippen LogP contribution in [0.5, 0.6) is 0 Å². The first-order valence-corrected chi connectivity index (χ1v) is 5.74. The minimum atomic E-state index is 0.408. The van der Waals surface area contributed by atoms with Gasteiger partial charge in [0.15, 0.2) is 0 Å². The normalized spacial score (nSPS) is 12.4. The fourth-order valence-corrected chi connectivity index (χ4v) is 1.59. The van der Waals surface area contributed by atoms with Gasteiger partial charge in [-0.15, -0.1) is 6.58 Å². The van der Waals surface area contributed by atoms with Crippen LogP contribution in [0.2, 0.25) is 5.02 Å². The van der Waals surface area contributed by atoms with Crippen molar-refractivity contribution in [2.75, 3.05) is 0 Å². The summed E-state index contributed by atoms with van der Waals surface area (Å²) in [6.07, 6.45) is 4.28. The molecule has 1 unspecified atom stereocenters. The molecule has 0 amide bonds. The van der Waals surface area contributed by atoms with E-state index in [-0.39, 0.29) is 0 Å². The van der Waals surface area contributed by atoms with E-state index in [1.54, 1.807) is 0 Å². The lowest BCUT2D eigenvalue weighted by Crippen LogP contribution is -2.26. The van der Waals surface area contributed by atoms with Crippen molar-refractivity contribution >= 4 is 11.6 Å². The number of hydrogen-bond acceptors (Lipinski definition) is 1. The van der Waals surface area contributed by atoms with E-state index in [1.807, 2.05) is 30.3 Å². The second-order valence-corrected chi connectivity index (χ2v) is 4.07. The van der Waals surface area contributed by atoms with Crippen LogP contribution in [0.15, 0.2) is 36.9 Å². The predicted octanol–water partition coefficient (Wildman–Crippen LogP) is 3.78.